The van der Waals surface area contributed by atoms with Crippen LogP contribution >= 0.6 is 11.3 Å². The van der Waals surface area contributed by atoms with E-state index < -0.39 is 0 Å². The number of hydrogen-bond acceptors (Lipinski definition) is 3. The SMILES string of the molecule is c1cc(-c2ccc(-c3cc4ccccc4c4ccccc34)cc2)cc(N(c2ccc3c(c2)oc2ccccc23)c2ccc3c(c2)sc2ccccc23)c1. The van der Waals surface area contributed by atoms with Crippen LogP contribution in [-0.4, -0.2) is 0 Å². The molecule has 248 valence electrons. The number of para-hydroxylation sites is 1. The summed E-state index contributed by atoms with van der Waals surface area (Å²) in [6.07, 6.45) is 0. The molecule has 0 spiro atoms. The molecule has 0 saturated heterocycles. The van der Waals surface area contributed by atoms with Crippen LogP contribution in [0.5, 0.6) is 0 Å². The average molecular weight is 694 g/mol. The Morgan fingerprint density at radius 2 is 0.962 bits per heavy atom. The highest BCUT2D eigenvalue weighted by Crippen LogP contribution is 2.43. The Hall–Kier alpha value is -6.68. The van der Waals surface area contributed by atoms with E-state index in [1.54, 1.807) is 0 Å². The minimum atomic E-state index is 0.879. The largest absolute Gasteiger partial charge is 0.456 e. The summed E-state index contributed by atoms with van der Waals surface area (Å²) < 4.78 is 8.96. The number of rotatable bonds is 5. The molecule has 0 N–H and O–H groups in total. The first-order valence-electron chi connectivity index (χ1n) is 18.0. The molecule has 0 fully saturated rings. The predicted octanol–water partition coefficient (Wildman–Crippen LogP) is 15.1. The van der Waals surface area contributed by atoms with Gasteiger partial charge in [0.25, 0.3) is 0 Å². The van der Waals surface area contributed by atoms with Crippen LogP contribution in [0.2, 0.25) is 0 Å². The van der Waals surface area contributed by atoms with E-state index in [2.05, 4.69) is 181 Å². The Morgan fingerprint density at radius 3 is 1.83 bits per heavy atom. The van der Waals surface area contributed by atoms with Gasteiger partial charge < -0.3 is 9.32 Å². The summed E-state index contributed by atoms with van der Waals surface area (Å²) in [5.41, 5.74) is 9.83. The monoisotopic (exact) mass is 693 g/mol. The molecule has 53 heavy (non-hydrogen) atoms. The van der Waals surface area contributed by atoms with Gasteiger partial charge in [0.15, 0.2) is 0 Å². The van der Waals surface area contributed by atoms with Gasteiger partial charge in [-0.3, -0.25) is 0 Å². The fourth-order valence-corrected chi connectivity index (χ4v) is 9.25. The van der Waals surface area contributed by atoms with Gasteiger partial charge >= 0.3 is 0 Å². The molecule has 11 aromatic rings. The Labute approximate surface area is 310 Å². The van der Waals surface area contributed by atoms with Gasteiger partial charge in [-0.15, -0.1) is 11.3 Å². The van der Waals surface area contributed by atoms with Crippen molar-refractivity contribution < 1.29 is 4.42 Å². The average Bonchev–Trinajstić information content (AvgIpc) is 3.78. The number of furan rings is 1. The van der Waals surface area contributed by atoms with Crippen molar-refractivity contribution in [2.45, 2.75) is 0 Å². The van der Waals surface area contributed by atoms with Crippen molar-refractivity contribution in [2.24, 2.45) is 0 Å². The predicted molar refractivity (Wildman–Crippen MR) is 227 cm³/mol. The fourth-order valence-electron chi connectivity index (χ4n) is 8.11. The number of benzene rings is 9. The molecule has 0 atom stereocenters. The number of hydrogen-bond donors (Lipinski definition) is 0. The molecule has 0 bridgehead atoms. The Balaban J connectivity index is 1.03. The van der Waals surface area contributed by atoms with E-state index in [0.717, 1.165) is 44.6 Å². The third kappa shape index (κ3) is 4.93. The molecule has 0 saturated carbocycles. The smallest absolute Gasteiger partial charge is 0.137 e. The van der Waals surface area contributed by atoms with Crippen LogP contribution in [0.4, 0.5) is 17.1 Å². The highest BCUT2D eigenvalue weighted by molar-refractivity contribution is 7.25. The second-order valence-corrected chi connectivity index (χ2v) is 14.8. The number of anilines is 3. The standard InChI is InChI=1S/C50H31NOS/c1-2-13-39-35(10-1)29-46(41-15-4-3-14-40(39)41)33-22-20-32(21-23-33)34-11-9-12-36(28-34)51(37-24-26-43-42-16-5-7-18-47(42)52-48(43)30-37)38-25-27-45-44-17-6-8-19-49(44)53-50(45)31-38/h1-31H. The molecule has 2 aromatic heterocycles. The molecule has 2 heterocycles. The summed E-state index contributed by atoms with van der Waals surface area (Å²) >= 11 is 1.84. The molecule has 0 aliphatic heterocycles. The fraction of sp³-hybridized carbons (Fsp3) is 0. The van der Waals surface area contributed by atoms with Gasteiger partial charge in [-0.2, -0.15) is 0 Å². The highest BCUT2D eigenvalue weighted by Gasteiger charge is 2.18. The maximum atomic E-state index is 6.39. The zero-order valence-electron chi connectivity index (χ0n) is 28.7. The maximum Gasteiger partial charge on any atom is 0.137 e. The van der Waals surface area contributed by atoms with Crippen LogP contribution in [0.25, 0.3) is 85.9 Å². The first kappa shape index (κ1) is 30.0. The Kier molecular flexibility index (Phi) is 6.76. The highest BCUT2D eigenvalue weighted by atomic mass is 32.1. The molecular weight excluding hydrogens is 663 g/mol. The normalized spacial score (nSPS) is 11.8. The molecule has 0 unspecified atom stereocenters. The first-order valence-corrected chi connectivity index (χ1v) is 18.8. The quantitative estimate of drug-likeness (QED) is 0.167. The second kappa shape index (κ2) is 11.9. The van der Waals surface area contributed by atoms with Crippen LogP contribution in [0.1, 0.15) is 0 Å². The van der Waals surface area contributed by atoms with E-state index >= 15 is 0 Å². The maximum absolute atomic E-state index is 6.39. The van der Waals surface area contributed by atoms with Crippen LogP contribution in [0.15, 0.2) is 192 Å². The van der Waals surface area contributed by atoms with Gasteiger partial charge in [0.05, 0.1) is 0 Å². The van der Waals surface area contributed by atoms with Gasteiger partial charge in [-0.25, -0.2) is 0 Å². The van der Waals surface area contributed by atoms with Gasteiger partial charge in [-0.1, -0.05) is 127 Å². The Morgan fingerprint density at radius 1 is 0.340 bits per heavy atom. The van der Waals surface area contributed by atoms with Crippen LogP contribution in [-0.2, 0) is 0 Å². The van der Waals surface area contributed by atoms with Crippen molar-refractivity contribution in [3.8, 4) is 22.3 Å². The van der Waals surface area contributed by atoms with E-state index in [1.165, 1.54) is 58.4 Å². The molecule has 0 aliphatic rings. The lowest BCUT2D eigenvalue weighted by Gasteiger charge is -2.26. The second-order valence-electron chi connectivity index (χ2n) is 13.7. The number of fused-ring (bicyclic) bond motifs is 9. The molecular formula is C50H31NOS. The van der Waals surface area contributed by atoms with Crippen molar-refractivity contribution in [2.75, 3.05) is 4.90 Å². The molecule has 11 rings (SSSR count). The van der Waals surface area contributed by atoms with Gasteiger partial charge in [-0.05, 0) is 98.4 Å². The molecule has 3 heteroatoms. The molecule has 9 aromatic carbocycles. The van der Waals surface area contributed by atoms with Crippen LogP contribution in [0, 0.1) is 0 Å². The van der Waals surface area contributed by atoms with Crippen molar-refractivity contribution in [1.29, 1.82) is 0 Å². The molecule has 0 aliphatic carbocycles. The van der Waals surface area contributed by atoms with Gasteiger partial charge in [0, 0.05) is 54.1 Å². The lowest BCUT2D eigenvalue weighted by Crippen LogP contribution is -2.09. The minimum Gasteiger partial charge on any atom is -0.456 e. The van der Waals surface area contributed by atoms with Crippen LogP contribution < -0.4 is 4.90 Å². The zero-order chi connectivity index (χ0) is 34.9. The topological polar surface area (TPSA) is 16.4 Å². The summed E-state index contributed by atoms with van der Waals surface area (Å²) in [5.74, 6) is 0. The summed E-state index contributed by atoms with van der Waals surface area (Å²) in [6.45, 7) is 0. The zero-order valence-corrected chi connectivity index (χ0v) is 29.5. The van der Waals surface area contributed by atoms with Crippen LogP contribution in [0.3, 0.4) is 0 Å². The third-order valence-corrected chi connectivity index (χ3v) is 11.8. The van der Waals surface area contributed by atoms with Crippen molar-refractivity contribution in [1.82, 2.24) is 0 Å². The van der Waals surface area contributed by atoms with Gasteiger partial charge in [0.1, 0.15) is 11.2 Å². The number of thiophene rings is 1. The summed E-state index contributed by atoms with van der Waals surface area (Å²) in [4.78, 5) is 2.36. The van der Waals surface area contributed by atoms with E-state index in [4.69, 9.17) is 4.42 Å². The summed E-state index contributed by atoms with van der Waals surface area (Å²) in [6, 6.07) is 68.1. The van der Waals surface area contributed by atoms with E-state index in [9.17, 15) is 0 Å². The molecule has 0 radical (unpaired) electrons. The molecule has 0 amide bonds. The van der Waals surface area contributed by atoms with E-state index in [-0.39, 0.29) is 0 Å². The van der Waals surface area contributed by atoms with E-state index in [1.807, 2.05) is 23.5 Å². The van der Waals surface area contributed by atoms with E-state index in [0.29, 0.717) is 0 Å². The molecule has 2 nitrogen and oxygen atoms in total. The lowest BCUT2D eigenvalue weighted by molar-refractivity contribution is 0.669. The van der Waals surface area contributed by atoms with Crippen molar-refractivity contribution in [3.63, 3.8) is 0 Å². The first-order chi connectivity index (χ1) is 26.2. The summed E-state index contributed by atoms with van der Waals surface area (Å²) in [5, 5.41) is 9.95. The third-order valence-electron chi connectivity index (χ3n) is 10.6. The van der Waals surface area contributed by atoms with Gasteiger partial charge in [0.2, 0.25) is 0 Å². The minimum absolute atomic E-state index is 0.879. The van der Waals surface area contributed by atoms with Crippen molar-refractivity contribution in [3.05, 3.63) is 188 Å². The number of nitrogens with zero attached hydrogens (tertiary/aromatic N) is 1. The lowest BCUT2D eigenvalue weighted by atomic mass is 9.92. The van der Waals surface area contributed by atoms with Crippen molar-refractivity contribution >= 4 is 92.1 Å². The Bertz CT molecular complexity index is 3070. The summed E-state index contributed by atoms with van der Waals surface area (Å²) in [7, 11) is 0.